The molecule has 2 atom stereocenters. The van der Waals surface area contributed by atoms with Crippen molar-refractivity contribution >= 4 is 5.97 Å². The SMILES string of the molecule is CC[C@]12OC(=O)C=C1C(C#CCCCC#N)=CCN1CCCC[C@@H]12. The van der Waals surface area contributed by atoms with Gasteiger partial charge >= 0.3 is 5.97 Å². The van der Waals surface area contributed by atoms with Gasteiger partial charge in [-0.1, -0.05) is 31.3 Å². The third kappa shape index (κ3) is 2.99. The van der Waals surface area contributed by atoms with Gasteiger partial charge in [-0.05, 0) is 32.2 Å². The van der Waals surface area contributed by atoms with Crippen molar-refractivity contribution in [2.45, 2.75) is 63.5 Å². The molecule has 24 heavy (non-hydrogen) atoms. The smallest absolute Gasteiger partial charge is 0.332 e. The quantitative estimate of drug-likeness (QED) is 0.455. The molecule has 0 N–H and O–H groups in total. The third-order valence-corrected chi connectivity index (χ3v) is 5.31. The lowest BCUT2D eigenvalue weighted by atomic mass is 9.78. The molecule has 0 aromatic rings. The minimum atomic E-state index is -0.541. The third-order valence-electron chi connectivity index (χ3n) is 5.31. The van der Waals surface area contributed by atoms with Crippen molar-refractivity contribution in [3.63, 3.8) is 0 Å². The van der Waals surface area contributed by atoms with Crippen molar-refractivity contribution < 1.29 is 9.53 Å². The fourth-order valence-corrected chi connectivity index (χ4v) is 4.14. The van der Waals surface area contributed by atoms with Gasteiger partial charge < -0.3 is 4.74 Å². The van der Waals surface area contributed by atoms with E-state index in [0.29, 0.717) is 12.8 Å². The zero-order chi connectivity index (χ0) is 17.0. The van der Waals surface area contributed by atoms with E-state index in [2.05, 4.69) is 35.8 Å². The van der Waals surface area contributed by atoms with Crippen LogP contribution >= 0.6 is 0 Å². The summed E-state index contributed by atoms with van der Waals surface area (Å²) in [6.45, 7) is 4.02. The monoisotopic (exact) mass is 324 g/mol. The summed E-state index contributed by atoms with van der Waals surface area (Å²) in [5.41, 5.74) is 1.37. The van der Waals surface area contributed by atoms with Gasteiger partial charge in [-0.2, -0.15) is 5.26 Å². The summed E-state index contributed by atoms with van der Waals surface area (Å²) in [7, 11) is 0. The molecular weight excluding hydrogens is 300 g/mol. The van der Waals surface area contributed by atoms with E-state index in [4.69, 9.17) is 10.00 Å². The molecule has 4 heteroatoms. The van der Waals surface area contributed by atoms with Crippen molar-refractivity contribution in [2.24, 2.45) is 0 Å². The number of nitrogens with zero attached hydrogens (tertiary/aromatic N) is 2. The summed E-state index contributed by atoms with van der Waals surface area (Å²) in [6, 6.07) is 2.40. The van der Waals surface area contributed by atoms with E-state index in [9.17, 15) is 4.79 Å². The van der Waals surface area contributed by atoms with Gasteiger partial charge in [0.25, 0.3) is 0 Å². The molecule has 0 saturated carbocycles. The minimum Gasteiger partial charge on any atom is -0.449 e. The summed E-state index contributed by atoms with van der Waals surface area (Å²) in [5, 5.41) is 8.61. The van der Waals surface area contributed by atoms with Gasteiger partial charge in [0.05, 0.1) is 12.1 Å². The van der Waals surface area contributed by atoms with Crippen molar-refractivity contribution in [2.75, 3.05) is 13.1 Å². The molecule has 0 bridgehead atoms. The topological polar surface area (TPSA) is 53.3 Å². The lowest BCUT2D eigenvalue weighted by molar-refractivity contribution is -0.153. The summed E-state index contributed by atoms with van der Waals surface area (Å²) in [6.07, 6.45) is 10.1. The van der Waals surface area contributed by atoms with Crippen LogP contribution in [0.15, 0.2) is 23.3 Å². The Labute approximate surface area is 144 Å². The van der Waals surface area contributed by atoms with Crippen LogP contribution in [-0.4, -0.2) is 35.6 Å². The molecular formula is C20H24N2O2. The second-order valence-electron chi connectivity index (χ2n) is 6.66. The molecule has 0 spiro atoms. The average molecular weight is 324 g/mol. The van der Waals surface area contributed by atoms with Crippen LogP contribution in [-0.2, 0) is 9.53 Å². The maximum atomic E-state index is 12.1. The molecule has 0 amide bonds. The molecule has 0 aromatic carbocycles. The van der Waals surface area contributed by atoms with Crippen LogP contribution < -0.4 is 0 Å². The van der Waals surface area contributed by atoms with E-state index in [1.54, 1.807) is 6.08 Å². The zero-order valence-corrected chi connectivity index (χ0v) is 14.3. The van der Waals surface area contributed by atoms with Gasteiger partial charge in [0.2, 0.25) is 0 Å². The van der Waals surface area contributed by atoms with Gasteiger partial charge in [-0.3, -0.25) is 4.90 Å². The van der Waals surface area contributed by atoms with Gasteiger partial charge in [-0.25, -0.2) is 4.79 Å². The highest BCUT2D eigenvalue weighted by Crippen LogP contribution is 2.45. The Morgan fingerprint density at radius 3 is 3.08 bits per heavy atom. The zero-order valence-electron chi connectivity index (χ0n) is 14.3. The molecule has 4 nitrogen and oxygen atoms in total. The second-order valence-corrected chi connectivity index (χ2v) is 6.66. The van der Waals surface area contributed by atoms with Crippen LogP contribution in [0.3, 0.4) is 0 Å². The molecule has 0 aliphatic carbocycles. The molecule has 0 radical (unpaired) electrons. The molecule has 3 aliphatic rings. The molecule has 3 rings (SSSR count). The first-order valence-electron chi connectivity index (χ1n) is 8.97. The summed E-state index contributed by atoms with van der Waals surface area (Å²) in [4.78, 5) is 14.5. The standard InChI is InChI=1S/C20H24N2O2/c1-2-20-17(15-19(23)24-20)16(9-5-3-4-7-12-21)11-14-22-13-8-6-10-18(20)22/h11,15,18H,2-4,6-8,10,13-14H2,1H3/t18-,20+/m1/s1. The highest BCUT2D eigenvalue weighted by atomic mass is 16.6. The number of hydrogen-bond acceptors (Lipinski definition) is 4. The fraction of sp³-hybridized carbons (Fsp3) is 0.600. The largest absolute Gasteiger partial charge is 0.449 e. The molecule has 0 aromatic heterocycles. The predicted molar refractivity (Wildman–Crippen MR) is 91.7 cm³/mol. The maximum absolute atomic E-state index is 12.1. The van der Waals surface area contributed by atoms with Gasteiger partial charge in [0, 0.05) is 36.6 Å². The van der Waals surface area contributed by atoms with E-state index < -0.39 is 5.60 Å². The number of piperidine rings is 1. The van der Waals surface area contributed by atoms with Crippen LogP contribution in [0.5, 0.6) is 0 Å². The first-order valence-corrected chi connectivity index (χ1v) is 8.97. The number of carbonyl (C=O) groups excluding carboxylic acids is 1. The van der Waals surface area contributed by atoms with Crippen LogP contribution in [0.4, 0.5) is 0 Å². The summed E-state index contributed by atoms with van der Waals surface area (Å²) < 4.78 is 5.90. The second kappa shape index (κ2) is 7.24. The summed E-state index contributed by atoms with van der Waals surface area (Å²) >= 11 is 0. The van der Waals surface area contributed by atoms with E-state index in [0.717, 1.165) is 43.5 Å². The lowest BCUT2D eigenvalue weighted by Crippen LogP contribution is -2.55. The molecule has 0 unspecified atom stereocenters. The highest BCUT2D eigenvalue weighted by Gasteiger charge is 2.52. The number of carbonyl (C=O) groups is 1. The Morgan fingerprint density at radius 1 is 1.42 bits per heavy atom. The van der Waals surface area contributed by atoms with E-state index in [-0.39, 0.29) is 12.0 Å². The minimum absolute atomic E-state index is 0.239. The molecule has 3 aliphatic heterocycles. The lowest BCUT2D eigenvalue weighted by Gasteiger charge is -2.44. The Morgan fingerprint density at radius 2 is 2.29 bits per heavy atom. The highest BCUT2D eigenvalue weighted by molar-refractivity contribution is 5.89. The average Bonchev–Trinajstić information content (AvgIpc) is 2.89. The maximum Gasteiger partial charge on any atom is 0.332 e. The van der Waals surface area contributed by atoms with Crippen molar-refractivity contribution in [3.8, 4) is 17.9 Å². The summed E-state index contributed by atoms with van der Waals surface area (Å²) in [5.74, 6) is 6.19. The Hall–Kier alpha value is -2.04. The Bertz CT molecular complexity index is 674. The number of esters is 1. The Kier molecular flexibility index (Phi) is 5.07. The number of unbranched alkanes of at least 4 members (excludes halogenated alkanes) is 2. The Balaban J connectivity index is 1.92. The van der Waals surface area contributed by atoms with Crippen LogP contribution in [0.25, 0.3) is 0 Å². The van der Waals surface area contributed by atoms with Crippen LogP contribution in [0.1, 0.15) is 51.9 Å². The fourth-order valence-electron chi connectivity index (χ4n) is 4.14. The number of hydrogen-bond donors (Lipinski definition) is 0. The van der Waals surface area contributed by atoms with Crippen molar-refractivity contribution in [3.05, 3.63) is 23.3 Å². The van der Waals surface area contributed by atoms with E-state index in [1.165, 1.54) is 12.8 Å². The van der Waals surface area contributed by atoms with E-state index >= 15 is 0 Å². The normalized spacial score (nSPS) is 29.0. The van der Waals surface area contributed by atoms with Crippen molar-refractivity contribution in [1.82, 2.24) is 4.90 Å². The van der Waals surface area contributed by atoms with Gasteiger partial charge in [0.15, 0.2) is 5.60 Å². The number of rotatable bonds is 3. The van der Waals surface area contributed by atoms with Crippen LogP contribution in [0.2, 0.25) is 0 Å². The van der Waals surface area contributed by atoms with Crippen molar-refractivity contribution in [1.29, 1.82) is 5.26 Å². The van der Waals surface area contributed by atoms with Gasteiger partial charge in [0.1, 0.15) is 0 Å². The first kappa shape index (κ1) is 16.8. The number of nitriles is 1. The van der Waals surface area contributed by atoms with E-state index in [1.807, 2.05) is 0 Å². The predicted octanol–water partition coefficient (Wildman–Crippen LogP) is 3.11. The molecule has 1 saturated heterocycles. The van der Waals surface area contributed by atoms with Crippen LogP contribution in [0, 0.1) is 23.2 Å². The molecule has 1 fully saturated rings. The first-order chi connectivity index (χ1) is 11.7. The van der Waals surface area contributed by atoms with Gasteiger partial charge in [-0.15, -0.1) is 0 Å². The number of fused-ring (bicyclic) bond motifs is 3. The number of ether oxygens (including phenoxy) is 1. The molecule has 126 valence electrons. The molecule has 3 heterocycles.